The van der Waals surface area contributed by atoms with E-state index in [1.54, 1.807) is 36.4 Å². The van der Waals surface area contributed by atoms with Crippen molar-refractivity contribution in [3.05, 3.63) is 65.9 Å². The van der Waals surface area contributed by atoms with E-state index in [0.29, 0.717) is 28.6 Å². The van der Waals surface area contributed by atoms with Gasteiger partial charge in [-0.3, -0.25) is 20.4 Å². The SMILES string of the molecule is N=COC(=N)c1ccc(NC(=O)C(=O)c2c[nH]c3ccccc23)cc1. The maximum Gasteiger partial charge on any atom is 0.296 e. The van der Waals surface area contributed by atoms with Crippen LogP contribution in [0, 0.1) is 10.8 Å². The molecule has 0 atom stereocenters. The smallest absolute Gasteiger partial charge is 0.296 e. The zero-order valence-corrected chi connectivity index (χ0v) is 13.0. The van der Waals surface area contributed by atoms with Gasteiger partial charge in [0.05, 0.1) is 5.56 Å². The second-order valence-corrected chi connectivity index (χ2v) is 5.17. The summed E-state index contributed by atoms with van der Waals surface area (Å²) >= 11 is 0. The lowest BCUT2D eigenvalue weighted by Crippen LogP contribution is -2.22. The maximum atomic E-state index is 12.4. The molecule has 1 heterocycles. The minimum Gasteiger partial charge on any atom is -0.428 e. The van der Waals surface area contributed by atoms with Crippen LogP contribution in [0.25, 0.3) is 10.9 Å². The van der Waals surface area contributed by atoms with E-state index in [-0.39, 0.29) is 5.90 Å². The van der Waals surface area contributed by atoms with Crippen molar-refractivity contribution in [2.24, 2.45) is 0 Å². The zero-order valence-electron chi connectivity index (χ0n) is 13.0. The third-order valence-electron chi connectivity index (χ3n) is 3.62. The molecule has 0 aliphatic rings. The van der Waals surface area contributed by atoms with Crippen molar-refractivity contribution >= 4 is 40.6 Å². The third-order valence-corrected chi connectivity index (χ3v) is 3.62. The van der Waals surface area contributed by atoms with E-state index in [2.05, 4.69) is 15.0 Å². The van der Waals surface area contributed by atoms with Crippen LogP contribution in [-0.2, 0) is 9.53 Å². The zero-order chi connectivity index (χ0) is 17.8. The van der Waals surface area contributed by atoms with Gasteiger partial charge in [0, 0.05) is 28.4 Å². The van der Waals surface area contributed by atoms with Crippen LogP contribution >= 0.6 is 0 Å². The van der Waals surface area contributed by atoms with E-state index in [9.17, 15) is 9.59 Å². The first-order valence-corrected chi connectivity index (χ1v) is 7.36. The Hall–Kier alpha value is -3.74. The number of carbonyl (C=O) groups excluding carboxylic acids is 2. The van der Waals surface area contributed by atoms with Gasteiger partial charge in [0.15, 0.2) is 6.40 Å². The molecule has 0 fully saturated rings. The molecule has 0 bridgehead atoms. The van der Waals surface area contributed by atoms with Crippen LogP contribution < -0.4 is 5.32 Å². The molecule has 0 saturated carbocycles. The number of para-hydroxylation sites is 1. The number of rotatable bonds is 5. The number of aromatic nitrogens is 1. The number of hydrogen-bond acceptors (Lipinski definition) is 5. The molecule has 25 heavy (non-hydrogen) atoms. The van der Waals surface area contributed by atoms with Crippen molar-refractivity contribution in [1.82, 2.24) is 4.98 Å². The van der Waals surface area contributed by atoms with Gasteiger partial charge in [0.1, 0.15) is 0 Å². The molecule has 3 aromatic rings. The van der Waals surface area contributed by atoms with Crippen LogP contribution in [0.5, 0.6) is 0 Å². The van der Waals surface area contributed by atoms with Crippen molar-refractivity contribution in [3.63, 3.8) is 0 Å². The van der Waals surface area contributed by atoms with Crippen molar-refractivity contribution < 1.29 is 14.3 Å². The number of benzene rings is 2. The number of H-pyrrole nitrogens is 1. The number of carbonyl (C=O) groups is 2. The molecule has 1 aromatic heterocycles. The third kappa shape index (κ3) is 3.30. The van der Waals surface area contributed by atoms with Gasteiger partial charge in [0.25, 0.3) is 11.7 Å². The lowest BCUT2D eigenvalue weighted by molar-refractivity contribution is -0.112. The Labute approximate surface area is 142 Å². The fourth-order valence-electron chi connectivity index (χ4n) is 2.40. The molecule has 7 heteroatoms. The molecule has 0 aliphatic heterocycles. The van der Waals surface area contributed by atoms with Crippen LogP contribution in [0.15, 0.2) is 54.7 Å². The first-order valence-electron chi connectivity index (χ1n) is 7.36. The Morgan fingerprint density at radius 1 is 1.08 bits per heavy atom. The highest BCUT2D eigenvalue weighted by Crippen LogP contribution is 2.19. The number of aromatic amines is 1. The predicted molar refractivity (Wildman–Crippen MR) is 94.4 cm³/mol. The molecule has 0 saturated heterocycles. The average Bonchev–Trinajstić information content (AvgIpc) is 3.06. The number of anilines is 1. The van der Waals surface area contributed by atoms with Gasteiger partial charge in [-0.2, -0.15) is 0 Å². The van der Waals surface area contributed by atoms with Crippen molar-refractivity contribution in [3.8, 4) is 0 Å². The van der Waals surface area contributed by atoms with E-state index in [1.165, 1.54) is 6.20 Å². The van der Waals surface area contributed by atoms with Gasteiger partial charge in [-0.25, -0.2) is 0 Å². The topological polar surface area (TPSA) is 119 Å². The summed E-state index contributed by atoms with van der Waals surface area (Å²) in [5, 5.41) is 17.6. The summed E-state index contributed by atoms with van der Waals surface area (Å²) < 4.78 is 4.66. The number of amides is 1. The molecule has 3 rings (SSSR count). The molecule has 124 valence electrons. The standard InChI is InChI=1S/C18H14N4O3/c19-10-25-17(20)11-5-7-12(8-6-11)22-18(24)16(23)14-9-21-15-4-2-1-3-13(14)15/h1-10,19-21H,(H,22,24). The van der Waals surface area contributed by atoms with E-state index >= 15 is 0 Å². The summed E-state index contributed by atoms with van der Waals surface area (Å²) in [6, 6.07) is 13.5. The first-order chi connectivity index (χ1) is 12.1. The Morgan fingerprint density at radius 2 is 1.80 bits per heavy atom. The molecular weight excluding hydrogens is 320 g/mol. The highest BCUT2D eigenvalue weighted by Gasteiger charge is 2.20. The van der Waals surface area contributed by atoms with Gasteiger partial charge in [-0.15, -0.1) is 0 Å². The minimum atomic E-state index is -0.747. The summed E-state index contributed by atoms with van der Waals surface area (Å²) in [4.78, 5) is 27.5. The number of nitrogens with one attached hydrogen (secondary N) is 4. The van der Waals surface area contributed by atoms with E-state index < -0.39 is 11.7 Å². The van der Waals surface area contributed by atoms with E-state index in [0.717, 1.165) is 5.52 Å². The normalized spacial score (nSPS) is 10.2. The van der Waals surface area contributed by atoms with Crippen LogP contribution in [0.2, 0.25) is 0 Å². The largest absolute Gasteiger partial charge is 0.428 e. The number of Topliss-reactive ketones (excluding diaryl/α,β-unsaturated/α-hetero) is 1. The van der Waals surface area contributed by atoms with Gasteiger partial charge in [0.2, 0.25) is 5.90 Å². The second-order valence-electron chi connectivity index (χ2n) is 5.17. The average molecular weight is 334 g/mol. The van der Waals surface area contributed by atoms with Crippen LogP contribution in [0.4, 0.5) is 5.69 Å². The fraction of sp³-hybridized carbons (Fsp3) is 0. The molecule has 7 nitrogen and oxygen atoms in total. The Balaban J connectivity index is 1.74. The Morgan fingerprint density at radius 3 is 2.52 bits per heavy atom. The van der Waals surface area contributed by atoms with Gasteiger partial charge in [-0.1, -0.05) is 18.2 Å². The van der Waals surface area contributed by atoms with Crippen molar-refractivity contribution in [2.45, 2.75) is 0 Å². The molecule has 0 unspecified atom stereocenters. The van der Waals surface area contributed by atoms with Gasteiger partial charge < -0.3 is 15.0 Å². The first kappa shape index (κ1) is 16.1. The summed E-state index contributed by atoms with van der Waals surface area (Å²) in [7, 11) is 0. The molecule has 4 N–H and O–H groups in total. The lowest BCUT2D eigenvalue weighted by atomic mass is 10.1. The summed E-state index contributed by atoms with van der Waals surface area (Å²) in [6.45, 7) is 0. The van der Waals surface area contributed by atoms with E-state index in [4.69, 9.17) is 10.8 Å². The van der Waals surface area contributed by atoms with Crippen LogP contribution in [-0.4, -0.2) is 29.0 Å². The maximum absolute atomic E-state index is 12.4. The number of ether oxygens (including phenoxy) is 1. The van der Waals surface area contributed by atoms with Crippen molar-refractivity contribution in [2.75, 3.05) is 5.32 Å². The molecule has 1 amide bonds. The van der Waals surface area contributed by atoms with Crippen LogP contribution in [0.1, 0.15) is 15.9 Å². The summed E-state index contributed by atoms with van der Waals surface area (Å²) in [5.41, 5.74) is 1.97. The highest BCUT2D eigenvalue weighted by atomic mass is 16.5. The van der Waals surface area contributed by atoms with Gasteiger partial charge >= 0.3 is 0 Å². The molecule has 0 aliphatic carbocycles. The summed E-state index contributed by atoms with van der Waals surface area (Å²) in [6.07, 6.45) is 2.18. The highest BCUT2D eigenvalue weighted by molar-refractivity contribution is 6.48. The monoisotopic (exact) mass is 334 g/mol. The molecule has 0 radical (unpaired) electrons. The van der Waals surface area contributed by atoms with E-state index in [1.807, 2.05) is 12.1 Å². The number of ketones is 1. The van der Waals surface area contributed by atoms with Gasteiger partial charge in [-0.05, 0) is 30.3 Å². The minimum absolute atomic E-state index is 0.178. The quantitative estimate of drug-likeness (QED) is 0.248. The Bertz CT molecular complexity index is 973. The number of hydrogen-bond donors (Lipinski definition) is 4. The Kier molecular flexibility index (Phi) is 4.38. The van der Waals surface area contributed by atoms with Crippen molar-refractivity contribution in [1.29, 1.82) is 10.8 Å². The molecule has 0 spiro atoms. The predicted octanol–water partition coefficient (Wildman–Crippen LogP) is 2.94. The molecular formula is C18H14N4O3. The second kappa shape index (κ2) is 6.79. The molecule has 2 aromatic carbocycles. The number of fused-ring (bicyclic) bond motifs is 1. The fourth-order valence-corrected chi connectivity index (χ4v) is 2.40. The summed E-state index contributed by atoms with van der Waals surface area (Å²) in [5.74, 6) is -1.56. The lowest BCUT2D eigenvalue weighted by Gasteiger charge is -2.06. The van der Waals surface area contributed by atoms with Crippen LogP contribution in [0.3, 0.4) is 0 Å².